The van der Waals surface area contributed by atoms with E-state index in [1.165, 1.54) is 11.0 Å². The number of hydrogen-bond donors (Lipinski definition) is 2. The van der Waals surface area contributed by atoms with Gasteiger partial charge < -0.3 is 15.0 Å². The maximum Gasteiger partial charge on any atom is 0.255 e. The number of hydrogen-bond acceptors (Lipinski definition) is 8. The third-order valence-corrected chi connectivity index (χ3v) is 4.81. The van der Waals surface area contributed by atoms with Crippen molar-refractivity contribution in [3.63, 3.8) is 0 Å². The zero-order valence-corrected chi connectivity index (χ0v) is 16.5. The molecule has 1 fully saturated rings. The van der Waals surface area contributed by atoms with E-state index in [0.717, 1.165) is 0 Å². The number of rotatable bonds is 6. The van der Waals surface area contributed by atoms with Crippen LogP contribution in [0, 0.1) is 6.92 Å². The summed E-state index contributed by atoms with van der Waals surface area (Å²) in [5, 5.41) is 6.79. The number of ether oxygens (including phenoxy) is 1. The van der Waals surface area contributed by atoms with Crippen molar-refractivity contribution >= 4 is 17.5 Å². The first-order valence-electron chi connectivity index (χ1n) is 9.63. The van der Waals surface area contributed by atoms with Gasteiger partial charge in [-0.3, -0.25) is 14.6 Å². The molecule has 4 rings (SSSR count). The summed E-state index contributed by atoms with van der Waals surface area (Å²) < 4.78 is 6.85. The van der Waals surface area contributed by atoms with Crippen LogP contribution in [-0.4, -0.2) is 61.9 Å². The van der Waals surface area contributed by atoms with Gasteiger partial charge in [-0.05, 0) is 25.5 Å². The van der Waals surface area contributed by atoms with Crippen LogP contribution in [0.1, 0.15) is 17.7 Å². The predicted molar refractivity (Wildman–Crippen MR) is 109 cm³/mol. The minimum absolute atomic E-state index is 0.160. The molecule has 1 aliphatic heterocycles. The lowest BCUT2D eigenvalue weighted by molar-refractivity contribution is -0.116. The van der Waals surface area contributed by atoms with Crippen LogP contribution in [0.4, 0.5) is 11.6 Å². The van der Waals surface area contributed by atoms with Gasteiger partial charge in [-0.25, -0.2) is 19.6 Å². The summed E-state index contributed by atoms with van der Waals surface area (Å²) in [4.78, 5) is 42.3. The molecule has 1 saturated heterocycles. The molecule has 0 aromatic carbocycles. The van der Waals surface area contributed by atoms with Gasteiger partial charge in [-0.2, -0.15) is 5.10 Å². The lowest BCUT2D eigenvalue weighted by Gasteiger charge is -2.27. The molecule has 3 aromatic heterocycles. The number of anilines is 2. The summed E-state index contributed by atoms with van der Waals surface area (Å²) in [5.41, 5.74) is 1.50. The first-order valence-corrected chi connectivity index (χ1v) is 9.63. The molecule has 0 bridgehead atoms. The minimum atomic E-state index is -0.212. The Kier molecular flexibility index (Phi) is 5.80. The second-order valence-electron chi connectivity index (χ2n) is 6.85. The summed E-state index contributed by atoms with van der Waals surface area (Å²) in [5.74, 6) is 0.938. The van der Waals surface area contributed by atoms with Gasteiger partial charge in [-0.1, -0.05) is 0 Å². The summed E-state index contributed by atoms with van der Waals surface area (Å²) in [6.07, 6.45) is 4.97. The molecule has 0 unspecified atom stereocenters. The van der Waals surface area contributed by atoms with Gasteiger partial charge >= 0.3 is 0 Å². The quantitative estimate of drug-likeness (QED) is 0.599. The maximum atomic E-state index is 12.5. The van der Waals surface area contributed by atoms with Crippen LogP contribution in [0.2, 0.25) is 0 Å². The third kappa shape index (κ3) is 4.51. The first-order chi connectivity index (χ1) is 14.6. The van der Waals surface area contributed by atoms with Crippen molar-refractivity contribution < 1.29 is 9.53 Å². The van der Waals surface area contributed by atoms with Crippen molar-refractivity contribution in [3.05, 3.63) is 52.6 Å². The van der Waals surface area contributed by atoms with Crippen molar-refractivity contribution in [1.82, 2.24) is 29.7 Å². The number of aromatic amines is 1. The van der Waals surface area contributed by atoms with Crippen LogP contribution in [0.5, 0.6) is 0 Å². The van der Waals surface area contributed by atoms with E-state index >= 15 is 0 Å². The van der Waals surface area contributed by atoms with Gasteiger partial charge in [0.2, 0.25) is 11.9 Å². The highest BCUT2D eigenvalue weighted by Gasteiger charge is 2.17. The van der Waals surface area contributed by atoms with Gasteiger partial charge in [0.25, 0.3) is 5.56 Å². The van der Waals surface area contributed by atoms with E-state index in [1.54, 1.807) is 31.6 Å². The second kappa shape index (κ2) is 8.82. The number of morpholine rings is 1. The number of aryl methyl sites for hydroxylation is 1. The Labute approximate surface area is 172 Å². The molecule has 30 heavy (non-hydrogen) atoms. The van der Waals surface area contributed by atoms with Crippen molar-refractivity contribution in [1.29, 1.82) is 0 Å². The van der Waals surface area contributed by atoms with Crippen LogP contribution in [0.25, 0.3) is 5.82 Å². The van der Waals surface area contributed by atoms with E-state index in [2.05, 4.69) is 30.4 Å². The average molecular weight is 410 g/mol. The fraction of sp³-hybridized carbons (Fsp3) is 0.368. The third-order valence-electron chi connectivity index (χ3n) is 4.81. The highest BCUT2D eigenvalue weighted by atomic mass is 16.5. The van der Waals surface area contributed by atoms with Gasteiger partial charge in [0.1, 0.15) is 12.7 Å². The number of amides is 1. The Morgan fingerprint density at radius 2 is 2.13 bits per heavy atom. The van der Waals surface area contributed by atoms with Crippen LogP contribution >= 0.6 is 0 Å². The number of aromatic nitrogens is 6. The Hall–Kier alpha value is -3.60. The first kappa shape index (κ1) is 19.7. The Morgan fingerprint density at radius 1 is 1.30 bits per heavy atom. The predicted octanol–water partition coefficient (Wildman–Crippen LogP) is 0.462. The number of carbonyl (C=O) groups is 1. The molecule has 2 N–H and O–H groups in total. The smallest absolute Gasteiger partial charge is 0.255 e. The Bertz CT molecular complexity index is 1060. The number of nitrogens with one attached hydrogen (secondary N) is 2. The van der Waals surface area contributed by atoms with Crippen LogP contribution in [0.3, 0.4) is 0 Å². The van der Waals surface area contributed by atoms with Crippen molar-refractivity contribution in [2.45, 2.75) is 19.8 Å². The van der Waals surface area contributed by atoms with E-state index in [4.69, 9.17) is 4.74 Å². The fourth-order valence-corrected chi connectivity index (χ4v) is 3.20. The molecule has 0 spiro atoms. The van der Waals surface area contributed by atoms with E-state index in [-0.39, 0.29) is 17.9 Å². The molecule has 0 atom stereocenters. The molecule has 0 saturated carbocycles. The van der Waals surface area contributed by atoms with E-state index in [9.17, 15) is 9.59 Å². The maximum absolute atomic E-state index is 12.5. The molecule has 11 heteroatoms. The number of carbonyl (C=O) groups excluding carboxylic acids is 1. The largest absolute Gasteiger partial charge is 0.378 e. The molecular formula is C19H22N8O3. The topological polar surface area (TPSA) is 131 Å². The highest BCUT2D eigenvalue weighted by molar-refractivity contribution is 5.90. The SMILES string of the molecule is Cc1nc(N2CCOCC2)[nH]c(=O)c1CCC(=O)Nc1ccc(-n2cncn2)nc1. The van der Waals surface area contributed by atoms with E-state index in [0.29, 0.717) is 61.4 Å². The molecule has 0 aliphatic carbocycles. The average Bonchev–Trinajstić information content (AvgIpc) is 3.29. The minimum Gasteiger partial charge on any atom is -0.378 e. The van der Waals surface area contributed by atoms with E-state index in [1.807, 2.05) is 4.90 Å². The summed E-state index contributed by atoms with van der Waals surface area (Å²) >= 11 is 0. The van der Waals surface area contributed by atoms with Crippen LogP contribution in [0.15, 0.2) is 35.8 Å². The van der Waals surface area contributed by atoms with Crippen LogP contribution < -0.4 is 15.8 Å². The zero-order chi connectivity index (χ0) is 20.9. The van der Waals surface area contributed by atoms with Gasteiger partial charge in [-0.15, -0.1) is 0 Å². The van der Waals surface area contributed by atoms with Gasteiger partial charge in [0.05, 0.1) is 25.1 Å². The molecule has 1 aliphatic rings. The summed E-state index contributed by atoms with van der Waals surface area (Å²) in [6, 6.07) is 3.46. The molecule has 11 nitrogen and oxygen atoms in total. The molecule has 1 amide bonds. The van der Waals surface area contributed by atoms with Gasteiger partial charge in [0.15, 0.2) is 5.82 Å². The monoisotopic (exact) mass is 410 g/mol. The lowest BCUT2D eigenvalue weighted by atomic mass is 10.1. The van der Waals surface area contributed by atoms with Crippen molar-refractivity contribution in [2.24, 2.45) is 0 Å². The highest BCUT2D eigenvalue weighted by Crippen LogP contribution is 2.13. The zero-order valence-electron chi connectivity index (χ0n) is 16.5. The fourth-order valence-electron chi connectivity index (χ4n) is 3.20. The normalized spacial score (nSPS) is 14.0. The lowest BCUT2D eigenvalue weighted by Crippen LogP contribution is -2.38. The molecular weight excluding hydrogens is 388 g/mol. The molecule has 4 heterocycles. The second-order valence-corrected chi connectivity index (χ2v) is 6.85. The Balaban J connectivity index is 1.36. The van der Waals surface area contributed by atoms with Crippen molar-refractivity contribution in [3.8, 4) is 5.82 Å². The standard InChI is InChI=1S/C19H22N8O3/c1-13-15(18(29)25-19(23-13)26-6-8-30-9-7-26)3-5-17(28)24-14-2-4-16(21-10-14)27-12-20-11-22-27/h2,4,10-12H,3,5-9H2,1H3,(H,24,28)(H,23,25,29). The molecule has 156 valence electrons. The number of nitrogens with zero attached hydrogens (tertiary/aromatic N) is 6. The number of H-pyrrole nitrogens is 1. The van der Waals surface area contributed by atoms with E-state index < -0.39 is 0 Å². The molecule has 0 radical (unpaired) electrons. The van der Waals surface area contributed by atoms with Crippen molar-refractivity contribution in [2.75, 3.05) is 36.5 Å². The Morgan fingerprint density at radius 3 is 2.80 bits per heavy atom. The summed E-state index contributed by atoms with van der Waals surface area (Å²) in [7, 11) is 0. The van der Waals surface area contributed by atoms with Crippen LogP contribution in [-0.2, 0) is 16.0 Å². The molecule has 3 aromatic rings. The summed E-state index contributed by atoms with van der Waals surface area (Å²) in [6.45, 7) is 4.39. The van der Waals surface area contributed by atoms with Gasteiger partial charge in [0, 0.05) is 30.8 Å². The number of pyridine rings is 1.